The molecule has 0 fully saturated rings. The van der Waals surface area contributed by atoms with Crippen molar-refractivity contribution < 1.29 is 13.2 Å². The number of nitrogens with zero attached hydrogens (tertiary/aromatic N) is 2. The van der Waals surface area contributed by atoms with Crippen molar-refractivity contribution in [2.75, 3.05) is 5.32 Å². The number of hydrogen-bond donors (Lipinski definition) is 3. The molecule has 0 aliphatic rings. The first kappa shape index (κ1) is 20.3. The molecular formula is C16H17ClF3N5. The van der Waals surface area contributed by atoms with Crippen molar-refractivity contribution in [3.8, 4) is 0 Å². The number of anilines is 1. The van der Waals surface area contributed by atoms with Gasteiger partial charge in [0, 0.05) is 5.69 Å². The van der Waals surface area contributed by atoms with Crippen LogP contribution in [-0.4, -0.2) is 11.9 Å². The lowest BCUT2D eigenvalue weighted by molar-refractivity contribution is -0.137. The molecule has 0 saturated carbocycles. The van der Waals surface area contributed by atoms with Crippen LogP contribution in [0.5, 0.6) is 0 Å². The second-order valence-electron chi connectivity index (χ2n) is 4.86. The zero-order chi connectivity index (χ0) is 17.6. The predicted octanol–water partition coefficient (Wildman–Crippen LogP) is 3.37. The van der Waals surface area contributed by atoms with Gasteiger partial charge in [-0.1, -0.05) is 30.3 Å². The first-order valence-electron chi connectivity index (χ1n) is 6.97. The molecule has 0 heterocycles. The maximum atomic E-state index is 12.5. The van der Waals surface area contributed by atoms with E-state index in [2.05, 4.69) is 15.3 Å². The average Bonchev–Trinajstić information content (AvgIpc) is 2.53. The molecule has 0 saturated heterocycles. The Morgan fingerprint density at radius 2 is 1.56 bits per heavy atom. The van der Waals surface area contributed by atoms with Crippen molar-refractivity contribution in [1.82, 2.24) is 0 Å². The summed E-state index contributed by atoms with van der Waals surface area (Å²) in [5, 5.41) is 2.84. The van der Waals surface area contributed by atoms with Gasteiger partial charge in [0.25, 0.3) is 0 Å². The smallest absolute Gasteiger partial charge is 0.369 e. The van der Waals surface area contributed by atoms with E-state index in [4.69, 9.17) is 11.5 Å². The number of nitrogens with one attached hydrogen (secondary N) is 1. The van der Waals surface area contributed by atoms with Crippen LogP contribution < -0.4 is 16.8 Å². The first-order chi connectivity index (χ1) is 11.3. The third kappa shape index (κ3) is 6.72. The highest BCUT2D eigenvalue weighted by Crippen LogP contribution is 2.29. The summed E-state index contributed by atoms with van der Waals surface area (Å²) in [6.45, 7) is 0.103. The van der Waals surface area contributed by atoms with E-state index in [1.165, 1.54) is 12.1 Å². The summed E-state index contributed by atoms with van der Waals surface area (Å²) in [6.07, 6.45) is -4.36. The summed E-state index contributed by atoms with van der Waals surface area (Å²) < 4.78 is 37.4. The standard InChI is InChI=1S/C16H16F3N5.ClH/c17-16(18,19)12-8-6-11(7-9-12)10-22-14(20)24-15(21)23-13-4-2-1-3-5-13;/h1-9H,10H2,(H5,20,21,22,23,24);1H. The third-order valence-corrected chi connectivity index (χ3v) is 2.99. The topological polar surface area (TPSA) is 88.8 Å². The van der Waals surface area contributed by atoms with Crippen molar-refractivity contribution in [2.24, 2.45) is 21.5 Å². The summed E-state index contributed by atoms with van der Waals surface area (Å²) in [7, 11) is 0. The Labute approximate surface area is 149 Å². The quantitative estimate of drug-likeness (QED) is 0.571. The summed E-state index contributed by atoms with van der Waals surface area (Å²) in [5.41, 5.74) is 11.9. The molecule has 0 amide bonds. The fourth-order valence-electron chi connectivity index (χ4n) is 1.83. The van der Waals surface area contributed by atoms with E-state index < -0.39 is 11.7 Å². The van der Waals surface area contributed by atoms with Crippen molar-refractivity contribution >= 4 is 30.0 Å². The lowest BCUT2D eigenvalue weighted by Crippen LogP contribution is -2.26. The van der Waals surface area contributed by atoms with Crippen LogP contribution in [0.1, 0.15) is 11.1 Å². The normalized spacial score (nSPS) is 12.4. The Balaban J connectivity index is 0.00000312. The van der Waals surface area contributed by atoms with Crippen molar-refractivity contribution in [3.05, 3.63) is 65.7 Å². The maximum Gasteiger partial charge on any atom is 0.416 e. The molecule has 5 N–H and O–H groups in total. The number of nitrogens with two attached hydrogens (primary N) is 2. The van der Waals surface area contributed by atoms with Gasteiger partial charge in [-0.15, -0.1) is 12.4 Å². The second-order valence-corrected chi connectivity index (χ2v) is 4.86. The fourth-order valence-corrected chi connectivity index (χ4v) is 1.83. The van der Waals surface area contributed by atoms with E-state index >= 15 is 0 Å². The van der Waals surface area contributed by atoms with Gasteiger partial charge in [-0.2, -0.15) is 18.2 Å². The minimum Gasteiger partial charge on any atom is -0.369 e. The molecule has 2 rings (SSSR count). The summed E-state index contributed by atoms with van der Waals surface area (Å²) in [4.78, 5) is 7.85. The predicted molar refractivity (Wildman–Crippen MR) is 95.7 cm³/mol. The van der Waals surface area contributed by atoms with Crippen LogP contribution in [0.25, 0.3) is 0 Å². The number of halogens is 4. The van der Waals surface area contributed by atoms with Crippen LogP contribution in [0.15, 0.2) is 64.6 Å². The Hall–Kier alpha value is -2.74. The van der Waals surface area contributed by atoms with Crippen LogP contribution in [0.2, 0.25) is 0 Å². The molecule has 25 heavy (non-hydrogen) atoms. The van der Waals surface area contributed by atoms with Crippen LogP contribution in [0.4, 0.5) is 18.9 Å². The molecule has 134 valence electrons. The van der Waals surface area contributed by atoms with Crippen LogP contribution in [-0.2, 0) is 12.7 Å². The summed E-state index contributed by atoms with van der Waals surface area (Å²) >= 11 is 0. The molecule has 0 atom stereocenters. The van der Waals surface area contributed by atoms with Gasteiger partial charge in [-0.3, -0.25) is 0 Å². The van der Waals surface area contributed by atoms with Crippen LogP contribution in [0.3, 0.4) is 0 Å². The van der Waals surface area contributed by atoms with E-state index in [1.807, 2.05) is 18.2 Å². The van der Waals surface area contributed by atoms with E-state index in [-0.39, 0.29) is 30.9 Å². The molecule has 5 nitrogen and oxygen atoms in total. The summed E-state index contributed by atoms with van der Waals surface area (Å²) in [5.74, 6) is -0.00861. The van der Waals surface area contributed by atoms with Crippen molar-refractivity contribution in [3.63, 3.8) is 0 Å². The highest BCUT2D eigenvalue weighted by atomic mass is 35.5. The molecule has 0 unspecified atom stereocenters. The highest BCUT2D eigenvalue weighted by molar-refractivity contribution is 6.00. The van der Waals surface area contributed by atoms with Gasteiger partial charge in [0.1, 0.15) is 0 Å². The molecule has 2 aromatic rings. The van der Waals surface area contributed by atoms with Crippen LogP contribution >= 0.6 is 12.4 Å². The molecule has 0 spiro atoms. The lowest BCUT2D eigenvalue weighted by Gasteiger charge is -2.07. The van der Waals surface area contributed by atoms with E-state index in [0.29, 0.717) is 5.56 Å². The second kappa shape index (κ2) is 8.93. The number of alkyl halides is 3. The van der Waals surface area contributed by atoms with Gasteiger partial charge >= 0.3 is 6.18 Å². The zero-order valence-electron chi connectivity index (χ0n) is 13.0. The van der Waals surface area contributed by atoms with Crippen LogP contribution in [0, 0.1) is 0 Å². The highest BCUT2D eigenvalue weighted by Gasteiger charge is 2.29. The number of guanidine groups is 2. The SMILES string of the molecule is Cl.NC(=NCc1ccc(C(F)(F)F)cc1)N=C(N)Nc1ccccc1. The number of benzene rings is 2. The number of para-hydroxylation sites is 1. The zero-order valence-corrected chi connectivity index (χ0v) is 13.8. The Morgan fingerprint density at radius 1 is 0.960 bits per heavy atom. The van der Waals surface area contributed by atoms with E-state index in [9.17, 15) is 13.2 Å². The molecule has 0 aromatic heterocycles. The lowest BCUT2D eigenvalue weighted by atomic mass is 10.1. The molecule has 0 radical (unpaired) electrons. The van der Waals surface area contributed by atoms with Gasteiger partial charge in [0.05, 0.1) is 12.1 Å². The van der Waals surface area contributed by atoms with E-state index in [0.717, 1.165) is 17.8 Å². The third-order valence-electron chi connectivity index (χ3n) is 2.99. The molecular weight excluding hydrogens is 355 g/mol. The molecule has 9 heteroatoms. The molecule has 0 aliphatic heterocycles. The number of hydrogen-bond acceptors (Lipinski definition) is 1. The van der Waals surface area contributed by atoms with Gasteiger partial charge < -0.3 is 16.8 Å². The van der Waals surface area contributed by atoms with Crippen molar-refractivity contribution in [2.45, 2.75) is 12.7 Å². The minimum absolute atomic E-state index is 0. The first-order valence-corrected chi connectivity index (χ1v) is 6.97. The van der Waals surface area contributed by atoms with Crippen molar-refractivity contribution in [1.29, 1.82) is 0 Å². The summed E-state index contributed by atoms with van der Waals surface area (Å²) in [6, 6.07) is 13.8. The van der Waals surface area contributed by atoms with Gasteiger partial charge in [0.2, 0.25) is 11.9 Å². The average molecular weight is 372 g/mol. The number of aliphatic imine (C=N–C) groups is 2. The Morgan fingerprint density at radius 3 is 2.12 bits per heavy atom. The molecule has 0 aliphatic carbocycles. The van der Waals surface area contributed by atoms with Gasteiger partial charge in [-0.05, 0) is 29.8 Å². The monoisotopic (exact) mass is 371 g/mol. The van der Waals surface area contributed by atoms with Gasteiger partial charge in [0.15, 0.2) is 0 Å². The minimum atomic E-state index is -4.36. The number of rotatable bonds is 3. The molecule has 2 aromatic carbocycles. The Kier molecular flexibility index (Phi) is 7.25. The maximum absolute atomic E-state index is 12.5. The Bertz CT molecular complexity index is 728. The molecule has 0 bridgehead atoms. The van der Waals surface area contributed by atoms with E-state index in [1.54, 1.807) is 12.1 Å². The largest absolute Gasteiger partial charge is 0.416 e. The fraction of sp³-hybridized carbons (Fsp3) is 0.125. The van der Waals surface area contributed by atoms with Gasteiger partial charge in [-0.25, -0.2) is 4.99 Å².